The second kappa shape index (κ2) is 7.55. The number of hydrogen-bond donors (Lipinski definition) is 3. The predicted molar refractivity (Wildman–Crippen MR) is 108 cm³/mol. The smallest absolute Gasteiger partial charge is 0.413 e. The van der Waals surface area contributed by atoms with Gasteiger partial charge in [0, 0.05) is 12.1 Å². The molecule has 1 aromatic carbocycles. The van der Waals surface area contributed by atoms with E-state index in [1.54, 1.807) is 12.1 Å². The molecule has 1 saturated carbocycles. The number of carbonyl (C=O) groups excluding carboxylic acids is 1. The maximum Gasteiger partial charge on any atom is 0.413 e. The zero-order chi connectivity index (χ0) is 19.8. The number of amides is 1. The molecule has 2 aromatic rings. The SMILES string of the molecule is O=C1Nc2nc(-c3c(O)cccc3OCC3CC3)cc([C@@H]3CCCNC3)c2CO1. The van der Waals surface area contributed by atoms with Gasteiger partial charge in [0.1, 0.15) is 23.9 Å². The van der Waals surface area contributed by atoms with E-state index < -0.39 is 6.09 Å². The zero-order valence-corrected chi connectivity index (χ0v) is 16.2. The largest absolute Gasteiger partial charge is 0.507 e. The highest BCUT2D eigenvalue weighted by Crippen LogP contribution is 2.42. The van der Waals surface area contributed by atoms with Gasteiger partial charge in [0.2, 0.25) is 0 Å². The highest BCUT2D eigenvalue weighted by molar-refractivity contribution is 5.88. The summed E-state index contributed by atoms with van der Waals surface area (Å²) in [4.78, 5) is 16.5. The van der Waals surface area contributed by atoms with E-state index in [-0.39, 0.29) is 12.4 Å². The van der Waals surface area contributed by atoms with Crippen molar-refractivity contribution in [3.63, 3.8) is 0 Å². The highest BCUT2D eigenvalue weighted by atomic mass is 16.5. The number of phenols is 1. The average Bonchev–Trinajstić information content (AvgIpc) is 3.56. The normalized spacial score (nSPS) is 21.1. The number of benzene rings is 1. The van der Waals surface area contributed by atoms with Crippen LogP contribution in [0.4, 0.5) is 10.6 Å². The third kappa shape index (κ3) is 3.74. The van der Waals surface area contributed by atoms with Crippen LogP contribution in [0.5, 0.6) is 11.5 Å². The molecule has 1 atom stereocenters. The van der Waals surface area contributed by atoms with Gasteiger partial charge in [-0.2, -0.15) is 0 Å². The molecule has 1 aromatic heterocycles. The van der Waals surface area contributed by atoms with Crippen LogP contribution in [0.3, 0.4) is 0 Å². The number of carbonyl (C=O) groups is 1. The standard InChI is InChI=1S/C22H25N3O4/c26-18-4-1-5-19(28-11-13-6-7-13)20(18)17-9-15(14-3-2-8-23-10-14)16-12-29-22(27)25-21(16)24-17/h1,4-5,9,13-14,23,26H,2-3,6-8,10-12H2,(H,24,25,27)/t14-/m1/s1. The fourth-order valence-corrected chi connectivity index (χ4v) is 4.12. The van der Waals surface area contributed by atoms with Gasteiger partial charge < -0.3 is 19.9 Å². The van der Waals surface area contributed by atoms with Gasteiger partial charge >= 0.3 is 6.09 Å². The van der Waals surface area contributed by atoms with E-state index in [4.69, 9.17) is 9.47 Å². The molecule has 152 valence electrons. The van der Waals surface area contributed by atoms with Crippen molar-refractivity contribution in [1.29, 1.82) is 0 Å². The van der Waals surface area contributed by atoms with Crippen LogP contribution in [-0.4, -0.2) is 35.9 Å². The predicted octanol–water partition coefficient (Wildman–Crippen LogP) is 3.77. The summed E-state index contributed by atoms with van der Waals surface area (Å²) in [5.41, 5.74) is 3.20. The number of hydrogen-bond acceptors (Lipinski definition) is 6. The number of anilines is 1. The summed E-state index contributed by atoms with van der Waals surface area (Å²) in [5.74, 6) is 2.16. The molecule has 1 amide bonds. The molecule has 5 rings (SSSR count). The monoisotopic (exact) mass is 395 g/mol. The second-order valence-electron chi connectivity index (χ2n) is 8.07. The summed E-state index contributed by atoms with van der Waals surface area (Å²) in [6.45, 7) is 2.75. The van der Waals surface area contributed by atoms with E-state index in [1.807, 2.05) is 12.1 Å². The molecule has 7 heteroatoms. The molecule has 0 radical (unpaired) electrons. The summed E-state index contributed by atoms with van der Waals surface area (Å²) in [7, 11) is 0. The van der Waals surface area contributed by atoms with E-state index in [0.29, 0.717) is 41.3 Å². The lowest BCUT2D eigenvalue weighted by atomic mass is 9.87. The Hall–Kier alpha value is -2.80. The molecule has 7 nitrogen and oxygen atoms in total. The highest BCUT2D eigenvalue weighted by Gasteiger charge is 2.28. The minimum atomic E-state index is -0.502. The molecule has 2 fully saturated rings. The third-order valence-corrected chi connectivity index (χ3v) is 5.90. The van der Waals surface area contributed by atoms with Crippen LogP contribution in [0.2, 0.25) is 0 Å². The Labute approximate surface area is 169 Å². The Balaban J connectivity index is 1.59. The van der Waals surface area contributed by atoms with Crippen LogP contribution in [-0.2, 0) is 11.3 Å². The maximum absolute atomic E-state index is 11.8. The Bertz CT molecular complexity index is 936. The first kappa shape index (κ1) is 18.2. The number of rotatable bonds is 5. The minimum absolute atomic E-state index is 0.122. The van der Waals surface area contributed by atoms with Gasteiger partial charge in [0.15, 0.2) is 0 Å². The van der Waals surface area contributed by atoms with Crippen LogP contribution < -0.4 is 15.4 Å². The van der Waals surface area contributed by atoms with Crippen LogP contribution in [0.1, 0.15) is 42.7 Å². The van der Waals surface area contributed by atoms with Crippen molar-refractivity contribution >= 4 is 11.9 Å². The van der Waals surface area contributed by atoms with E-state index in [1.165, 1.54) is 12.8 Å². The van der Waals surface area contributed by atoms with E-state index in [9.17, 15) is 9.90 Å². The van der Waals surface area contributed by atoms with Crippen molar-refractivity contribution in [3.8, 4) is 22.8 Å². The Morgan fingerprint density at radius 2 is 2.17 bits per heavy atom. The third-order valence-electron chi connectivity index (χ3n) is 5.90. The van der Waals surface area contributed by atoms with Gasteiger partial charge in [0.05, 0.1) is 17.9 Å². The van der Waals surface area contributed by atoms with Gasteiger partial charge in [0.25, 0.3) is 0 Å². The fraction of sp³-hybridized carbons (Fsp3) is 0.455. The van der Waals surface area contributed by atoms with Crippen LogP contribution in [0, 0.1) is 5.92 Å². The number of fused-ring (bicyclic) bond motifs is 1. The molecular formula is C22H25N3O4. The number of pyridine rings is 1. The summed E-state index contributed by atoms with van der Waals surface area (Å²) in [6, 6.07) is 7.31. The molecular weight excluding hydrogens is 370 g/mol. The number of piperidine rings is 1. The van der Waals surface area contributed by atoms with Crippen LogP contribution >= 0.6 is 0 Å². The average molecular weight is 395 g/mol. The van der Waals surface area contributed by atoms with Crippen LogP contribution in [0.25, 0.3) is 11.3 Å². The second-order valence-corrected chi connectivity index (χ2v) is 8.07. The van der Waals surface area contributed by atoms with Crippen molar-refractivity contribution in [2.75, 3.05) is 25.0 Å². The summed E-state index contributed by atoms with van der Waals surface area (Å²) < 4.78 is 11.2. The van der Waals surface area contributed by atoms with Crippen molar-refractivity contribution in [2.45, 2.75) is 38.2 Å². The quantitative estimate of drug-likeness (QED) is 0.714. The number of cyclic esters (lactones) is 1. The summed E-state index contributed by atoms with van der Waals surface area (Å²) >= 11 is 0. The molecule has 1 aliphatic carbocycles. The molecule has 3 N–H and O–H groups in total. The molecule has 3 heterocycles. The lowest BCUT2D eigenvalue weighted by molar-refractivity contribution is 0.150. The van der Waals surface area contributed by atoms with E-state index in [0.717, 1.165) is 37.1 Å². The van der Waals surface area contributed by atoms with Crippen molar-refractivity contribution in [1.82, 2.24) is 10.3 Å². The van der Waals surface area contributed by atoms with E-state index in [2.05, 4.69) is 15.6 Å². The van der Waals surface area contributed by atoms with Crippen molar-refractivity contribution in [3.05, 3.63) is 35.4 Å². The molecule has 2 aliphatic heterocycles. The van der Waals surface area contributed by atoms with Gasteiger partial charge in [-0.15, -0.1) is 0 Å². The van der Waals surface area contributed by atoms with Gasteiger partial charge in [-0.3, -0.25) is 5.32 Å². The topological polar surface area (TPSA) is 92.7 Å². The zero-order valence-electron chi connectivity index (χ0n) is 16.2. The number of aromatic hydroxyl groups is 1. The Morgan fingerprint density at radius 1 is 1.28 bits per heavy atom. The number of nitrogens with zero attached hydrogens (tertiary/aromatic N) is 1. The Kier molecular flexibility index (Phi) is 4.75. The minimum Gasteiger partial charge on any atom is -0.507 e. The lowest BCUT2D eigenvalue weighted by Gasteiger charge is -2.28. The Morgan fingerprint density at radius 3 is 2.97 bits per heavy atom. The van der Waals surface area contributed by atoms with Gasteiger partial charge in [-0.05, 0) is 67.8 Å². The first-order valence-electron chi connectivity index (χ1n) is 10.3. The fourth-order valence-electron chi connectivity index (χ4n) is 4.12. The molecule has 29 heavy (non-hydrogen) atoms. The van der Waals surface area contributed by atoms with Crippen molar-refractivity contribution < 1.29 is 19.4 Å². The van der Waals surface area contributed by atoms with E-state index >= 15 is 0 Å². The first-order valence-corrected chi connectivity index (χ1v) is 10.3. The van der Waals surface area contributed by atoms with Crippen molar-refractivity contribution in [2.24, 2.45) is 5.92 Å². The number of nitrogens with one attached hydrogen (secondary N) is 2. The number of ether oxygens (including phenoxy) is 2. The lowest BCUT2D eigenvalue weighted by Crippen LogP contribution is -2.30. The summed E-state index contributed by atoms with van der Waals surface area (Å²) in [5, 5.41) is 16.8. The molecule has 0 spiro atoms. The maximum atomic E-state index is 11.8. The van der Waals surface area contributed by atoms with Crippen LogP contribution in [0.15, 0.2) is 24.3 Å². The number of aromatic nitrogens is 1. The van der Waals surface area contributed by atoms with Gasteiger partial charge in [-0.1, -0.05) is 6.07 Å². The van der Waals surface area contributed by atoms with Gasteiger partial charge in [-0.25, -0.2) is 9.78 Å². The number of phenolic OH excluding ortho intramolecular Hbond substituents is 1. The molecule has 3 aliphatic rings. The molecule has 0 bridgehead atoms. The summed E-state index contributed by atoms with van der Waals surface area (Å²) in [6.07, 6.45) is 4.03. The first-order chi connectivity index (χ1) is 14.2. The molecule has 0 unspecified atom stereocenters. The molecule has 1 saturated heterocycles.